The van der Waals surface area contributed by atoms with Crippen molar-refractivity contribution in [1.82, 2.24) is 15.8 Å². The third-order valence-electron chi connectivity index (χ3n) is 7.40. The number of ether oxygens (including phenoxy) is 2. The van der Waals surface area contributed by atoms with Crippen molar-refractivity contribution in [3.8, 4) is 23.0 Å². The molecular weight excluding hydrogens is 494 g/mol. The lowest BCUT2D eigenvalue weighted by Crippen LogP contribution is -2.42. The second kappa shape index (κ2) is 10.1. The molecule has 2 fully saturated rings. The van der Waals surface area contributed by atoms with Crippen LogP contribution in [0.3, 0.4) is 0 Å². The largest absolute Gasteiger partial charge is 0.508 e. The summed E-state index contributed by atoms with van der Waals surface area (Å²) in [6.07, 6.45) is 0.653. The average molecular weight is 524 g/mol. The Morgan fingerprint density at radius 1 is 0.946 bits per heavy atom. The van der Waals surface area contributed by atoms with Crippen LogP contribution in [0.2, 0.25) is 5.02 Å². The Labute approximate surface area is 220 Å². The van der Waals surface area contributed by atoms with Gasteiger partial charge in [-0.2, -0.15) is 0 Å². The number of aromatic hydroxyl groups is 2. The first-order chi connectivity index (χ1) is 17.8. The first kappa shape index (κ1) is 25.2. The van der Waals surface area contributed by atoms with Gasteiger partial charge in [-0.15, -0.1) is 0 Å². The molecule has 9 heteroatoms. The lowest BCUT2D eigenvalue weighted by Gasteiger charge is -2.32. The fraction of sp³-hybridized carbons (Fsp3) is 0.321. The van der Waals surface area contributed by atoms with E-state index in [1.54, 1.807) is 31.4 Å². The number of methoxy groups -OCH3 is 2. The van der Waals surface area contributed by atoms with Gasteiger partial charge in [-0.1, -0.05) is 29.8 Å². The van der Waals surface area contributed by atoms with Crippen molar-refractivity contribution in [2.75, 3.05) is 20.8 Å². The van der Waals surface area contributed by atoms with Gasteiger partial charge in [0.1, 0.15) is 17.5 Å². The standard InChI is InChI=1S/C28H30ClN3O5/c1-15-12-22(34)19(14-20(15)29)25-24-26(31-30-25)28(35)32(11-10-16-4-7-18(36-2)8-5-16)27(24)17-6-9-21(33)23(13-17)37-3/h4-9,12-14,24-27,30-31,33-34H,10-11H2,1-3H3. The van der Waals surface area contributed by atoms with Gasteiger partial charge in [0.25, 0.3) is 0 Å². The van der Waals surface area contributed by atoms with Crippen LogP contribution < -0.4 is 20.3 Å². The molecule has 2 saturated heterocycles. The fourth-order valence-corrected chi connectivity index (χ4v) is 5.64. The molecule has 4 atom stereocenters. The van der Waals surface area contributed by atoms with E-state index in [2.05, 4.69) is 10.9 Å². The summed E-state index contributed by atoms with van der Waals surface area (Å²) in [6.45, 7) is 2.32. The maximum atomic E-state index is 13.7. The molecule has 2 aliphatic heterocycles. The monoisotopic (exact) mass is 523 g/mol. The Morgan fingerprint density at radius 2 is 1.68 bits per heavy atom. The number of phenols is 2. The highest BCUT2D eigenvalue weighted by atomic mass is 35.5. The summed E-state index contributed by atoms with van der Waals surface area (Å²) in [6, 6.07) is 15.1. The second-order valence-corrected chi connectivity index (χ2v) is 9.89. The van der Waals surface area contributed by atoms with Crippen molar-refractivity contribution < 1.29 is 24.5 Å². The van der Waals surface area contributed by atoms with Gasteiger partial charge >= 0.3 is 0 Å². The number of likely N-dealkylation sites (tertiary alicyclic amines) is 1. The topological polar surface area (TPSA) is 103 Å². The smallest absolute Gasteiger partial charge is 0.242 e. The zero-order valence-corrected chi connectivity index (χ0v) is 21.6. The van der Waals surface area contributed by atoms with Gasteiger partial charge in [0, 0.05) is 23.0 Å². The first-order valence-corrected chi connectivity index (χ1v) is 12.5. The van der Waals surface area contributed by atoms with Crippen LogP contribution in [-0.4, -0.2) is 47.8 Å². The number of carbonyl (C=O) groups excluding carboxylic acids is 1. The summed E-state index contributed by atoms with van der Waals surface area (Å²) >= 11 is 6.42. The molecule has 3 aromatic carbocycles. The number of carbonyl (C=O) groups is 1. The first-order valence-electron chi connectivity index (χ1n) is 12.1. The SMILES string of the molecule is COc1ccc(CCN2C(=O)C3NNC(c4cc(Cl)c(C)cc4O)C3C2c2ccc(O)c(OC)c2)cc1. The molecule has 0 radical (unpaired) electrons. The number of amides is 1. The number of hydrazine groups is 1. The molecule has 0 aromatic heterocycles. The van der Waals surface area contributed by atoms with Gasteiger partial charge in [0.2, 0.25) is 5.91 Å². The summed E-state index contributed by atoms with van der Waals surface area (Å²) in [5, 5.41) is 21.6. The highest BCUT2D eigenvalue weighted by molar-refractivity contribution is 6.31. The molecular formula is C28H30ClN3O5. The van der Waals surface area contributed by atoms with E-state index in [1.807, 2.05) is 42.2 Å². The van der Waals surface area contributed by atoms with E-state index >= 15 is 0 Å². The molecule has 2 heterocycles. The van der Waals surface area contributed by atoms with E-state index in [0.717, 1.165) is 22.4 Å². The zero-order chi connectivity index (χ0) is 26.3. The molecule has 4 N–H and O–H groups in total. The predicted octanol–water partition coefficient (Wildman–Crippen LogP) is 4.04. The lowest BCUT2D eigenvalue weighted by molar-refractivity contribution is -0.130. The molecule has 5 rings (SSSR count). The average Bonchev–Trinajstić information content (AvgIpc) is 3.44. The maximum absolute atomic E-state index is 13.7. The van der Waals surface area contributed by atoms with Crippen LogP contribution in [0, 0.1) is 12.8 Å². The number of halogens is 1. The molecule has 3 aromatic rings. The van der Waals surface area contributed by atoms with E-state index in [0.29, 0.717) is 29.3 Å². The number of phenolic OH excluding ortho intramolecular Hbond substituents is 2. The van der Waals surface area contributed by atoms with Crippen molar-refractivity contribution in [1.29, 1.82) is 0 Å². The van der Waals surface area contributed by atoms with E-state index < -0.39 is 6.04 Å². The van der Waals surface area contributed by atoms with Gasteiger partial charge in [-0.3, -0.25) is 4.79 Å². The number of nitrogens with zero attached hydrogens (tertiary/aromatic N) is 1. The molecule has 0 spiro atoms. The van der Waals surface area contributed by atoms with Gasteiger partial charge in [0.05, 0.1) is 26.3 Å². The number of nitrogens with one attached hydrogen (secondary N) is 2. The summed E-state index contributed by atoms with van der Waals surface area (Å²) in [5.41, 5.74) is 9.70. The van der Waals surface area contributed by atoms with Crippen LogP contribution >= 0.6 is 11.6 Å². The predicted molar refractivity (Wildman–Crippen MR) is 140 cm³/mol. The summed E-state index contributed by atoms with van der Waals surface area (Å²) in [5.74, 6) is 0.956. The molecule has 0 saturated carbocycles. The van der Waals surface area contributed by atoms with Crippen LogP contribution in [0.1, 0.15) is 34.3 Å². The minimum atomic E-state index is -0.509. The maximum Gasteiger partial charge on any atom is 0.242 e. The van der Waals surface area contributed by atoms with E-state index in [4.69, 9.17) is 21.1 Å². The Morgan fingerprint density at radius 3 is 2.38 bits per heavy atom. The Bertz CT molecular complexity index is 1320. The van der Waals surface area contributed by atoms with Crippen molar-refractivity contribution in [2.24, 2.45) is 5.92 Å². The van der Waals surface area contributed by atoms with E-state index in [9.17, 15) is 15.0 Å². The number of rotatable bonds is 7. The fourth-order valence-electron chi connectivity index (χ4n) is 5.47. The molecule has 37 heavy (non-hydrogen) atoms. The third-order valence-corrected chi connectivity index (χ3v) is 7.81. The number of benzene rings is 3. The molecule has 1 amide bonds. The van der Waals surface area contributed by atoms with Crippen molar-refractivity contribution >= 4 is 17.5 Å². The number of aryl methyl sites for hydroxylation is 1. The second-order valence-electron chi connectivity index (χ2n) is 9.49. The zero-order valence-electron chi connectivity index (χ0n) is 20.9. The number of hydrogen-bond donors (Lipinski definition) is 4. The Kier molecular flexibility index (Phi) is 6.90. The minimum absolute atomic E-state index is 0.0269. The van der Waals surface area contributed by atoms with Gasteiger partial charge in [-0.05, 0) is 66.4 Å². The van der Waals surface area contributed by atoms with Crippen LogP contribution in [0.25, 0.3) is 0 Å². The van der Waals surface area contributed by atoms with E-state index in [1.165, 1.54) is 7.11 Å². The van der Waals surface area contributed by atoms with Crippen LogP contribution in [0.15, 0.2) is 54.6 Å². The van der Waals surface area contributed by atoms with Crippen molar-refractivity contribution in [3.05, 3.63) is 81.9 Å². The number of fused-ring (bicyclic) bond motifs is 1. The van der Waals surface area contributed by atoms with Gasteiger partial charge in [0.15, 0.2) is 11.5 Å². The summed E-state index contributed by atoms with van der Waals surface area (Å²) in [4.78, 5) is 15.6. The molecule has 0 aliphatic carbocycles. The molecule has 8 nitrogen and oxygen atoms in total. The highest BCUT2D eigenvalue weighted by Gasteiger charge is 2.55. The van der Waals surface area contributed by atoms with Gasteiger partial charge < -0.3 is 24.6 Å². The molecule has 2 aliphatic rings. The third kappa shape index (κ3) is 4.56. The minimum Gasteiger partial charge on any atom is -0.508 e. The molecule has 194 valence electrons. The van der Waals surface area contributed by atoms with Crippen molar-refractivity contribution in [2.45, 2.75) is 31.5 Å². The van der Waals surface area contributed by atoms with Crippen LogP contribution in [-0.2, 0) is 11.2 Å². The van der Waals surface area contributed by atoms with E-state index in [-0.39, 0.29) is 35.4 Å². The summed E-state index contributed by atoms with van der Waals surface area (Å²) < 4.78 is 10.6. The van der Waals surface area contributed by atoms with Crippen LogP contribution in [0.5, 0.6) is 23.0 Å². The highest BCUT2D eigenvalue weighted by Crippen LogP contribution is 2.50. The molecule has 4 unspecified atom stereocenters. The Hall–Kier alpha value is -3.46. The molecule has 0 bridgehead atoms. The Balaban J connectivity index is 1.53. The van der Waals surface area contributed by atoms with Gasteiger partial charge in [-0.25, -0.2) is 10.9 Å². The summed E-state index contributed by atoms with van der Waals surface area (Å²) in [7, 11) is 3.13. The van der Waals surface area contributed by atoms with Crippen molar-refractivity contribution in [3.63, 3.8) is 0 Å². The van der Waals surface area contributed by atoms with Crippen LogP contribution in [0.4, 0.5) is 0 Å². The lowest BCUT2D eigenvalue weighted by atomic mass is 9.83. The normalized spacial score (nSPS) is 22.8. The number of hydrogen-bond acceptors (Lipinski definition) is 7. The quantitative estimate of drug-likeness (QED) is 0.370.